The van der Waals surface area contributed by atoms with E-state index in [0.29, 0.717) is 35.1 Å². The standard InChI is InChI=1S/C16H10O6/c17-13-9-3-1-7(5-11(9)15(19)21-13)8-2-4-10-12(6-8)16(20)22-14(10)18/h3-8H,1-2H2. The van der Waals surface area contributed by atoms with E-state index in [-0.39, 0.29) is 11.8 Å². The van der Waals surface area contributed by atoms with Gasteiger partial charge >= 0.3 is 23.9 Å². The van der Waals surface area contributed by atoms with Crippen LogP contribution in [0, 0.1) is 11.8 Å². The van der Waals surface area contributed by atoms with Crippen molar-refractivity contribution in [3.8, 4) is 0 Å². The Labute approximate surface area is 124 Å². The summed E-state index contributed by atoms with van der Waals surface area (Å²) in [6, 6.07) is 0. The lowest BCUT2D eigenvalue weighted by Gasteiger charge is -2.25. The molecule has 4 rings (SSSR count). The second-order valence-corrected chi connectivity index (χ2v) is 5.55. The van der Waals surface area contributed by atoms with Crippen molar-refractivity contribution in [3.63, 3.8) is 0 Å². The Morgan fingerprint density at radius 1 is 0.636 bits per heavy atom. The van der Waals surface area contributed by atoms with E-state index in [1.54, 1.807) is 24.3 Å². The van der Waals surface area contributed by atoms with Crippen LogP contribution in [0.3, 0.4) is 0 Å². The van der Waals surface area contributed by atoms with Crippen molar-refractivity contribution in [2.75, 3.05) is 0 Å². The average molecular weight is 298 g/mol. The first-order valence-corrected chi connectivity index (χ1v) is 6.92. The van der Waals surface area contributed by atoms with Gasteiger partial charge in [-0.3, -0.25) is 0 Å². The molecule has 2 fully saturated rings. The molecule has 6 heteroatoms. The van der Waals surface area contributed by atoms with Gasteiger partial charge in [0.2, 0.25) is 0 Å². The van der Waals surface area contributed by atoms with Crippen molar-refractivity contribution < 1.29 is 28.7 Å². The summed E-state index contributed by atoms with van der Waals surface area (Å²) in [7, 11) is 0. The quantitative estimate of drug-likeness (QED) is 0.528. The third-order valence-corrected chi connectivity index (χ3v) is 4.33. The predicted molar refractivity (Wildman–Crippen MR) is 70.7 cm³/mol. The number of hydrogen-bond acceptors (Lipinski definition) is 6. The first-order chi connectivity index (χ1) is 10.5. The maximum absolute atomic E-state index is 11.6. The predicted octanol–water partition coefficient (Wildman–Crippen LogP) is 0.899. The molecule has 2 aliphatic heterocycles. The van der Waals surface area contributed by atoms with Crippen LogP contribution in [-0.4, -0.2) is 23.9 Å². The number of ether oxygens (including phenoxy) is 2. The number of cyclic esters (lactones) is 4. The molecule has 110 valence electrons. The summed E-state index contributed by atoms with van der Waals surface area (Å²) in [4.78, 5) is 46.2. The molecule has 2 aliphatic carbocycles. The average Bonchev–Trinajstić information content (AvgIpc) is 2.96. The largest absolute Gasteiger partial charge is 0.386 e. The highest BCUT2D eigenvalue weighted by molar-refractivity contribution is 6.19. The number of fused-ring (bicyclic) bond motifs is 2. The Kier molecular flexibility index (Phi) is 2.57. The van der Waals surface area contributed by atoms with Crippen LogP contribution in [0.4, 0.5) is 0 Å². The number of allylic oxidation sites excluding steroid dienone is 4. The Morgan fingerprint density at radius 3 is 1.41 bits per heavy atom. The van der Waals surface area contributed by atoms with Crippen molar-refractivity contribution in [1.29, 1.82) is 0 Å². The number of carbonyl (C=O) groups excluding carboxylic acids is 4. The molecule has 0 aromatic rings. The Morgan fingerprint density at radius 2 is 1.00 bits per heavy atom. The van der Waals surface area contributed by atoms with E-state index in [1.165, 1.54) is 0 Å². The molecule has 0 aromatic heterocycles. The molecule has 6 nitrogen and oxygen atoms in total. The molecule has 0 amide bonds. The van der Waals surface area contributed by atoms with Gasteiger partial charge in [-0.05, 0) is 24.7 Å². The third kappa shape index (κ3) is 1.73. The topological polar surface area (TPSA) is 86.7 Å². The van der Waals surface area contributed by atoms with E-state index in [4.69, 9.17) is 0 Å². The van der Waals surface area contributed by atoms with Crippen LogP contribution >= 0.6 is 0 Å². The smallest absolute Gasteiger partial charge is 0.346 e. The summed E-state index contributed by atoms with van der Waals surface area (Å²) in [6.45, 7) is 0. The lowest BCUT2D eigenvalue weighted by Crippen LogP contribution is -2.18. The van der Waals surface area contributed by atoms with Crippen molar-refractivity contribution in [3.05, 3.63) is 46.6 Å². The number of carbonyl (C=O) groups is 4. The zero-order valence-corrected chi connectivity index (χ0v) is 11.3. The van der Waals surface area contributed by atoms with Crippen LogP contribution in [0.1, 0.15) is 12.8 Å². The normalized spacial score (nSPS) is 29.8. The van der Waals surface area contributed by atoms with E-state index in [1.807, 2.05) is 0 Å². The SMILES string of the molecule is O=C1OC(=O)C2=CC(C3C=C4C(=O)OC(=O)C4=CC3)CC=C12. The monoisotopic (exact) mass is 298 g/mol. The van der Waals surface area contributed by atoms with Crippen LogP contribution in [0.25, 0.3) is 0 Å². The van der Waals surface area contributed by atoms with Gasteiger partial charge in [0, 0.05) is 0 Å². The zero-order valence-electron chi connectivity index (χ0n) is 11.3. The van der Waals surface area contributed by atoms with Gasteiger partial charge in [-0.1, -0.05) is 24.3 Å². The molecular weight excluding hydrogens is 288 g/mol. The van der Waals surface area contributed by atoms with Gasteiger partial charge in [0.15, 0.2) is 0 Å². The lowest BCUT2D eigenvalue weighted by atomic mass is 9.77. The molecule has 2 atom stereocenters. The Balaban J connectivity index is 1.64. The van der Waals surface area contributed by atoms with Crippen LogP contribution in [0.5, 0.6) is 0 Å². The molecule has 4 aliphatic rings. The summed E-state index contributed by atoms with van der Waals surface area (Å²) >= 11 is 0. The summed E-state index contributed by atoms with van der Waals surface area (Å²) in [5.41, 5.74) is 1.21. The van der Waals surface area contributed by atoms with E-state index in [9.17, 15) is 19.2 Å². The lowest BCUT2D eigenvalue weighted by molar-refractivity contribution is -0.151. The van der Waals surface area contributed by atoms with Gasteiger partial charge in [0.05, 0.1) is 22.3 Å². The molecule has 0 N–H and O–H groups in total. The van der Waals surface area contributed by atoms with Crippen LogP contribution in [-0.2, 0) is 28.7 Å². The molecule has 0 bridgehead atoms. The molecule has 0 spiro atoms. The van der Waals surface area contributed by atoms with Crippen molar-refractivity contribution >= 4 is 23.9 Å². The third-order valence-electron chi connectivity index (χ3n) is 4.33. The molecule has 22 heavy (non-hydrogen) atoms. The Bertz CT molecular complexity index is 710. The summed E-state index contributed by atoms with van der Waals surface area (Å²) in [6.07, 6.45) is 7.99. The van der Waals surface area contributed by atoms with Crippen LogP contribution in [0.15, 0.2) is 46.6 Å². The highest BCUT2D eigenvalue weighted by Crippen LogP contribution is 2.39. The second-order valence-electron chi connectivity index (χ2n) is 5.55. The van der Waals surface area contributed by atoms with Gasteiger partial charge in [-0.2, -0.15) is 0 Å². The highest BCUT2D eigenvalue weighted by Gasteiger charge is 2.40. The molecule has 0 saturated carbocycles. The Hall–Kier alpha value is -2.76. The first kappa shape index (κ1) is 12.9. The fraction of sp³-hybridized carbons (Fsp3) is 0.250. The van der Waals surface area contributed by atoms with E-state index >= 15 is 0 Å². The minimum atomic E-state index is -0.629. The molecule has 0 radical (unpaired) electrons. The van der Waals surface area contributed by atoms with Gasteiger partial charge in [0.1, 0.15) is 0 Å². The van der Waals surface area contributed by atoms with Gasteiger partial charge in [-0.25, -0.2) is 19.2 Å². The minimum absolute atomic E-state index is 0.0361. The molecule has 0 aromatic carbocycles. The molecular formula is C16H10O6. The van der Waals surface area contributed by atoms with Gasteiger partial charge < -0.3 is 9.47 Å². The first-order valence-electron chi connectivity index (χ1n) is 6.92. The number of rotatable bonds is 1. The molecule has 2 heterocycles. The van der Waals surface area contributed by atoms with Crippen molar-refractivity contribution in [2.24, 2.45) is 11.8 Å². The second kappa shape index (κ2) is 4.37. The van der Waals surface area contributed by atoms with E-state index in [0.717, 1.165) is 0 Å². The highest BCUT2D eigenvalue weighted by atomic mass is 16.6. The fourth-order valence-corrected chi connectivity index (χ4v) is 3.20. The van der Waals surface area contributed by atoms with Gasteiger partial charge in [-0.15, -0.1) is 0 Å². The maximum atomic E-state index is 11.6. The summed E-state index contributed by atoms with van der Waals surface area (Å²) in [5.74, 6) is -2.54. The molecule has 2 saturated heterocycles. The van der Waals surface area contributed by atoms with Crippen molar-refractivity contribution in [1.82, 2.24) is 0 Å². The number of hydrogen-bond donors (Lipinski definition) is 0. The fourth-order valence-electron chi connectivity index (χ4n) is 3.20. The minimum Gasteiger partial charge on any atom is -0.386 e. The maximum Gasteiger partial charge on any atom is 0.346 e. The van der Waals surface area contributed by atoms with Crippen molar-refractivity contribution in [2.45, 2.75) is 12.8 Å². The van der Waals surface area contributed by atoms with E-state index in [2.05, 4.69) is 9.47 Å². The van der Waals surface area contributed by atoms with Crippen LogP contribution < -0.4 is 0 Å². The van der Waals surface area contributed by atoms with Gasteiger partial charge in [0.25, 0.3) is 0 Å². The molecule has 2 unspecified atom stereocenters. The summed E-state index contributed by atoms with van der Waals surface area (Å²) in [5, 5.41) is 0. The van der Waals surface area contributed by atoms with E-state index < -0.39 is 23.9 Å². The number of esters is 4. The zero-order chi connectivity index (χ0) is 15.4. The van der Waals surface area contributed by atoms with Crippen LogP contribution in [0.2, 0.25) is 0 Å². The summed E-state index contributed by atoms with van der Waals surface area (Å²) < 4.78 is 9.17.